The van der Waals surface area contributed by atoms with Gasteiger partial charge >= 0.3 is 0 Å². The number of para-hydroxylation sites is 1. The summed E-state index contributed by atoms with van der Waals surface area (Å²) >= 11 is 0. The molecule has 0 aliphatic rings. The van der Waals surface area contributed by atoms with Crippen LogP contribution in [0.4, 0.5) is 5.69 Å². The Morgan fingerprint density at radius 3 is 2.32 bits per heavy atom. The molecule has 0 bridgehead atoms. The van der Waals surface area contributed by atoms with Crippen LogP contribution in [0.5, 0.6) is 5.75 Å². The van der Waals surface area contributed by atoms with Gasteiger partial charge in [-0.05, 0) is 43.2 Å². The van der Waals surface area contributed by atoms with Gasteiger partial charge in [0.15, 0.2) is 0 Å². The standard InChI is InChI=1S/C20H24N2O3/c1-3-22(17-7-5-4-6-8-17)20(24)15-19(23)21-14-13-16-9-11-18(25-2)12-10-16/h4-12H,3,13-15H2,1-2H3,(H,21,23). The molecule has 0 fully saturated rings. The second-order valence-electron chi connectivity index (χ2n) is 5.60. The van der Waals surface area contributed by atoms with E-state index in [0.29, 0.717) is 19.5 Å². The van der Waals surface area contributed by atoms with Gasteiger partial charge in [-0.25, -0.2) is 0 Å². The van der Waals surface area contributed by atoms with Crippen molar-refractivity contribution in [2.45, 2.75) is 19.8 Å². The molecule has 2 aromatic carbocycles. The summed E-state index contributed by atoms with van der Waals surface area (Å²) in [6, 6.07) is 17.1. The minimum atomic E-state index is -0.257. The van der Waals surface area contributed by atoms with Gasteiger partial charge in [-0.2, -0.15) is 0 Å². The van der Waals surface area contributed by atoms with E-state index in [4.69, 9.17) is 4.74 Å². The molecule has 2 aromatic rings. The van der Waals surface area contributed by atoms with Gasteiger partial charge in [0.05, 0.1) is 7.11 Å². The molecule has 5 heteroatoms. The zero-order valence-corrected chi connectivity index (χ0v) is 14.7. The number of nitrogens with zero attached hydrogens (tertiary/aromatic N) is 1. The number of carbonyl (C=O) groups excluding carboxylic acids is 2. The van der Waals surface area contributed by atoms with Crippen molar-refractivity contribution < 1.29 is 14.3 Å². The molecule has 25 heavy (non-hydrogen) atoms. The lowest BCUT2D eigenvalue weighted by Gasteiger charge is -2.20. The summed E-state index contributed by atoms with van der Waals surface area (Å²) in [5, 5.41) is 2.80. The number of benzene rings is 2. The topological polar surface area (TPSA) is 58.6 Å². The van der Waals surface area contributed by atoms with Crippen LogP contribution in [0.1, 0.15) is 18.9 Å². The number of ether oxygens (including phenoxy) is 1. The van der Waals surface area contributed by atoms with Crippen molar-refractivity contribution in [1.29, 1.82) is 0 Å². The van der Waals surface area contributed by atoms with Crippen LogP contribution in [0.3, 0.4) is 0 Å². The van der Waals surface area contributed by atoms with Gasteiger partial charge in [-0.3, -0.25) is 9.59 Å². The Bertz CT molecular complexity index is 684. The van der Waals surface area contributed by atoms with Crippen molar-refractivity contribution in [3.63, 3.8) is 0 Å². The summed E-state index contributed by atoms with van der Waals surface area (Å²) in [5.41, 5.74) is 1.91. The van der Waals surface area contributed by atoms with Crippen molar-refractivity contribution in [3.8, 4) is 5.75 Å². The van der Waals surface area contributed by atoms with Crippen LogP contribution >= 0.6 is 0 Å². The molecule has 0 saturated carbocycles. The second-order valence-corrected chi connectivity index (χ2v) is 5.60. The van der Waals surface area contributed by atoms with E-state index in [0.717, 1.165) is 17.0 Å². The molecule has 0 aromatic heterocycles. The summed E-state index contributed by atoms with van der Waals surface area (Å²) in [6.45, 7) is 2.92. The number of hydrogen-bond acceptors (Lipinski definition) is 3. The molecule has 132 valence electrons. The predicted octanol–water partition coefficient (Wildman–Crippen LogP) is 2.80. The normalized spacial score (nSPS) is 10.2. The molecule has 2 rings (SSSR count). The molecule has 0 unspecified atom stereocenters. The summed E-state index contributed by atoms with van der Waals surface area (Å²) in [7, 11) is 1.63. The SMILES string of the molecule is CCN(C(=O)CC(=O)NCCc1ccc(OC)cc1)c1ccccc1. The summed E-state index contributed by atoms with van der Waals surface area (Å²) in [4.78, 5) is 26.0. The van der Waals surface area contributed by atoms with Crippen LogP contribution in [-0.2, 0) is 16.0 Å². The lowest BCUT2D eigenvalue weighted by atomic mass is 10.1. The van der Waals surface area contributed by atoms with Crippen LogP contribution < -0.4 is 15.0 Å². The van der Waals surface area contributed by atoms with E-state index in [2.05, 4.69) is 5.32 Å². The fourth-order valence-corrected chi connectivity index (χ4v) is 2.54. The Morgan fingerprint density at radius 1 is 1.04 bits per heavy atom. The van der Waals surface area contributed by atoms with Gasteiger partial charge in [0.2, 0.25) is 11.8 Å². The summed E-state index contributed by atoms with van der Waals surface area (Å²) in [5.74, 6) is 0.350. The van der Waals surface area contributed by atoms with Crippen LogP contribution in [0.2, 0.25) is 0 Å². The van der Waals surface area contributed by atoms with Gasteiger partial charge < -0.3 is 15.0 Å². The molecule has 0 radical (unpaired) electrons. The quantitative estimate of drug-likeness (QED) is 0.752. The fourth-order valence-electron chi connectivity index (χ4n) is 2.54. The largest absolute Gasteiger partial charge is 0.497 e. The molecule has 0 atom stereocenters. The van der Waals surface area contributed by atoms with Crippen LogP contribution in [0.25, 0.3) is 0 Å². The van der Waals surface area contributed by atoms with Crippen molar-refractivity contribution in [2.24, 2.45) is 0 Å². The van der Waals surface area contributed by atoms with Gasteiger partial charge in [-0.15, -0.1) is 0 Å². The number of methoxy groups -OCH3 is 1. The van der Waals surface area contributed by atoms with Gasteiger partial charge in [-0.1, -0.05) is 30.3 Å². The van der Waals surface area contributed by atoms with E-state index in [9.17, 15) is 9.59 Å². The second kappa shape index (κ2) is 9.47. The monoisotopic (exact) mass is 340 g/mol. The first-order valence-corrected chi connectivity index (χ1v) is 8.39. The zero-order chi connectivity index (χ0) is 18.1. The predicted molar refractivity (Wildman–Crippen MR) is 98.8 cm³/mol. The third kappa shape index (κ3) is 5.64. The van der Waals surface area contributed by atoms with Gasteiger partial charge in [0, 0.05) is 18.8 Å². The smallest absolute Gasteiger partial charge is 0.236 e. The van der Waals surface area contributed by atoms with E-state index in [1.807, 2.05) is 61.5 Å². The van der Waals surface area contributed by atoms with E-state index < -0.39 is 0 Å². The highest BCUT2D eigenvalue weighted by molar-refractivity contribution is 6.04. The molecule has 2 amide bonds. The van der Waals surface area contributed by atoms with Gasteiger partial charge in [0.25, 0.3) is 0 Å². The molecule has 0 heterocycles. The van der Waals surface area contributed by atoms with E-state index >= 15 is 0 Å². The van der Waals surface area contributed by atoms with Crippen molar-refractivity contribution >= 4 is 17.5 Å². The van der Waals surface area contributed by atoms with Crippen molar-refractivity contribution in [1.82, 2.24) is 5.32 Å². The number of carbonyl (C=O) groups is 2. The number of hydrogen-bond donors (Lipinski definition) is 1. The third-order valence-electron chi connectivity index (χ3n) is 3.89. The Labute approximate surface area is 148 Å². The highest BCUT2D eigenvalue weighted by Gasteiger charge is 2.17. The third-order valence-corrected chi connectivity index (χ3v) is 3.89. The Morgan fingerprint density at radius 2 is 1.72 bits per heavy atom. The first-order valence-electron chi connectivity index (χ1n) is 8.39. The summed E-state index contributed by atoms with van der Waals surface area (Å²) < 4.78 is 5.11. The fraction of sp³-hybridized carbons (Fsp3) is 0.300. The minimum Gasteiger partial charge on any atom is -0.497 e. The van der Waals surface area contributed by atoms with E-state index in [1.165, 1.54) is 0 Å². The van der Waals surface area contributed by atoms with Crippen molar-refractivity contribution in [2.75, 3.05) is 25.1 Å². The average molecular weight is 340 g/mol. The molecule has 0 saturated heterocycles. The zero-order valence-electron chi connectivity index (χ0n) is 14.7. The first kappa shape index (κ1) is 18.5. The van der Waals surface area contributed by atoms with Crippen LogP contribution in [-0.4, -0.2) is 32.0 Å². The summed E-state index contributed by atoms with van der Waals surface area (Å²) in [6.07, 6.45) is 0.561. The number of nitrogens with one attached hydrogen (secondary N) is 1. The highest BCUT2D eigenvalue weighted by atomic mass is 16.5. The van der Waals surface area contributed by atoms with Crippen molar-refractivity contribution in [3.05, 3.63) is 60.2 Å². The Kier molecular flexibility index (Phi) is 7.01. The lowest BCUT2D eigenvalue weighted by Crippen LogP contribution is -2.36. The molecule has 0 aliphatic heterocycles. The minimum absolute atomic E-state index is 0.147. The molecular formula is C20H24N2O3. The lowest BCUT2D eigenvalue weighted by molar-refractivity contribution is -0.127. The number of rotatable bonds is 8. The molecular weight excluding hydrogens is 316 g/mol. The van der Waals surface area contributed by atoms with Crippen LogP contribution in [0.15, 0.2) is 54.6 Å². The highest BCUT2D eigenvalue weighted by Crippen LogP contribution is 2.14. The Balaban J connectivity index is 1.79. The molecule has 0 aliphatic carbocycles. The van der Waals surface area contributed by atoms with Gasteiger partial charge in [0.1, 0.15) is 12.2 Å². The Hall–Kier alpha value is -2.82. The maximum Gasteiger partial charge on any atom is 0.236 e. The average Bonchev–Trinajstić information content (AvgIpc) is 2.64. The maximum atomic E-state index is 12.3. The van der Waals surface area contributed by atoms with E-state index in [-0.39, 0.29) is 18.2 Å². The van der Waals surface area contributed by atoms with E-state index in [1.54, 1.807) is 12.0 Å². The number of amides is 2. The molecule has 0 spiro atoms. The molecule has 5 nitrogen and oxygen atoms in total. The first-order chi connectivity index (χ1) is 12.1. The molecule has 1 N–H and O–H groups in total. The number of anilines is 1. The maximum absolute atomic E-state index is 12.3. The van der Waals surface area contributed by atoms with Crippen LogP contribution in [0, 0.1) is 0 Å².